The lowest BCUT2D eigenvalue weighted by molar-refractivity contribution is 0.0939. The highest BCUT2D eigenvalue weighted by Crippen LogP contribution is 2.28. The van der Waals surface area contributed by atoms with Gasteiger partial charge in [-0.3, -0.25) is 15.2 Å². The molecule has 0 saturated heterocycles. The summed E-state index contributed by atoms with van der Waals surface area (Å²) >= 11 is 0. The van der Waals surface area contributed by atoms with Crippen LogP contribution in [0.2, 0.25) is 0 Å². The van der Waals surface area contributed by atoms with Crippen molar-refractivity contribution in [3.8, 4) is 11.5 Å². The first-order chi connectivity index (χ1) is 13.1. The standard InChI is InChI=1S/C20H19N5O2/c1-3-24(4-2)15-6-5-14-11-16-18(21)25(23-19(16)27-17(14)12-15)20(26)13-7-9-22-10-8-13/h5-12,21H,3-4H2,1-2H3. The van der Waals surface area contributed by atoms with Crippen molar-refractivity contribution in [3.63, 3.8) is 0 Å². The number of anilines is 1. The van der Waals surface area contributed by atoms with Crippen LogP contribution in [0.4, 0.5) is 5.69 Å². The van der Waals surface area contributed by atoms with E-state index in [1.54, 1.807) is 12.1 Å². The Morgan fingerprint density at radius 2 is 1.89 bits per heavy atom. The molecule has 4 rings (SSSR count). The zero-order valence-electron chi connectivity index (χ0n) is 15.1. The molecule has 0 bridgehead atoms. The molecule has 2 aliphatic heterocycles. The molecule has 0 aliphatic carbocycles. The maximum Gasteiger partial charge on any atom is 0.280 e. The van der Waals surface area contributed by atoms with Crippen molar-refractivity contribution >= 4 is 22.6 Å². The number of carbonyl (C=O) groups excluding carboxylic acids is 1. The molecule has 0 saturated carbocycles. The molecule has 0 unspecified atom stereocenters. The molecule has 0 radical (unpaired) electrons. The first-order valence-electron chi connectivity index (χ1n) is 8.83. The van der Waals surface area contributed by atoms with Crippen LogP contribution >= 0.6 is 0 Å². The summed E-state index contributed by atoms with van der Waals surface area (Å²) < 4.78 is 6.99. The lowest BCUT2D eigenvalue weighted by Gasteiger charge is -2.21. The van der Waals surface area contributed by atoms with Gasteiger partial charge in [0.15, 0.2) is 5.49 Å². The SMILES string of the molecule is CCN(CC)c1ccc2cc3c(=N)n(C(=O)c4ccncc4)nc-3oc2c1. The van der Waals surface area contributed by atoms with Crippen molar-refractivity contribution < 1.29 is 9.21 Å². The van der Waals surface area contributed by atoms with E-state index in [1.807, 2.05) is 24.3 Å². The van der Waals surface area contributed by atoms with E-state index in [0.29, 0.717) is 16.7 Å². The zero-order chi connectivity index (χ0) is 19.0. The van der Waals surface area contributed by atoms with Crippen LogP contribution in [0.1, 0.15) is 24.2 Å². The van der Waals surface area contributed by atoms with E-state index in [9.17, 15) is 4.79 Å². The zero-order valence-corrected chi connectivity index (χ0v) is 15.1. The second kappa shape index (κ2) is 6.68. The summed E-state index contributed by atoms with van der Waals surface area (Å²) in [6.45, 7) is 6.01. The van der Waals surface area contributed by atoms with Crippen LogP contribution in [0.5, 0.6) is 0 Å². The van der Waals surface area contributed by atoms with E-state index in [2.05, 4.69) is 28.8 Å². The number of nitrogens with one attached hydrogen (secondary N) is 1. The topological polar surface area (TPSA) is 88.0 Å². The number of fused-ring (bicyclic) bond motifs is 2. The van der Waals surface area contributed by atoms with Gasteiger partial charge in [-0.05, 0) is 44.2 Å². The Balaban J connectivity index is 1.85. The van der Waals surface area contributed by atoms with E-state index in [0.717, 1.165) is 28.8 Å². The summed E-state index contributed by atoms with van der Waals surface area (Å²) in [5.41, 5.74) is 2.66. The highest BCUT2D eigenvalue weighted by molar-refractivity contribution is 5.96. The normalized spacial score (nSPS) is 11.2. The molecule has 0 atom stereocenters. The van der Waals surface area contributed by atoms with Crippen LogP contribution in [-0.4, -0.2) is 33.8 Å². The number of benzene rings is 1. The first-order valence-corrected chi connectivity index (χ1v) is 8.83. The monoisotopic (exact) mass is 361 g/mol. The molecule has 0 amide bonds. The Labute approximate surface area is 155 Å². The molecule has 7 heteroatoms. The van der Waals surface area contributed by atoms with Crippen molar-refractivity contribution in [1.82, 2.24) is 14.8 Å². The average molecular weight is 361 g/mol. The summed E-state index contributed by atoms with van der Waals surface area (Å²) in [6, 6.07) is 11.0. The molecule has 27 heavy (non-hydrogen) atoms. The first kappa shape index (κ1) is 17.0. The van der Waals surface area contributed by atoms with Crippen LogP contribution in [0.25, 0.3) is 22.4 Å². The third-order valence-corrected chi connectivity index (χ3v) is 4.64. The molecule has 3 heterocycles. The Kier molecular flexibility index (Phi) is 4.19. The number of pyridine rings is 1. The van der Waals surface area contributed by atoms with Crippen LogP contribution in [0.15, 0.2) is 53.2 Å². The van der Waals surface area contributed by atoms with E-state index in [1.165, 1.54) is 12.4 Å². The molecule has 0 fully saturated rings. The molecule has 1 N–H and O–H groups in total. The molecule has 0 spiro atoms. The minimum absolute atomic E-state index is 0.00489. The molecule has 1 aromatic carbocycles. The Hall–Kier alpha value is -3.48. The van der Waals surface area contributed by atoms with Gasteiger partial charge >= 0.3 is 0 Å². The smallest absolute Gasteiger partial charge is 0.280 e. The number of hydrogen-bond acceptors (Lipinski definition) is 6. The largest absolute Gasteiger partial charge is 0.436 e. The van der Waals surface area contributed by atoms with E-state index >= 15 is 0 Å². The van der Waals surface area contributed by atoms with Crippen molar-refractivity contribution in [2.24, 2.45) is 0 Å². The molecule has 7 nitrogen and oxygen atoms in total. The summed E-state index contributed by atoms with van der Waals surface area (Å²) in [6.07, 6.45) is 3.07. The third-order valence-electron chi connectivity index (χ3n) is 4.64. The fourth-order valence-electron chi connectivity index (χ4n) is 3.16. The molecule has 2 aromatic rings. The maximum absolute atomic E-state index is 12.7. The number of aromatic nitrogens is 3. The average Bonchev–Trinajstić information content (AvgIpc) is 3.03. The lowest BCUT2D eigenvalue weighted by Crippen LogP contribution is -2.25. The maximum atomic E-state index is 12.7. The second-order valence-corrected chi connectivity index (χ2v) is 6.16. The van der Waals surface area contributed by atoms with Gasteiger partial charge in [-0.15, -0.1) is 5.10 Å². The van der Waals surface area contributed by atoms with Crippen LogP contribution < -0.4 is 10.4 Å². The fraction of sp³-hybridized carbons (Fsp3) is 0.200. The van der Waals surface area contributed by atoms with Gasteiger partial charge in [0.2, 0.25) is 5.89 Å². The van der Waals surface area contributed by atoms with Crippen LogP contribution in [0.3, 0.4) is 0 Å². The summed E-state index contributed by atoms with van der Waals surface area (Å²) in [4.78, 5) is 18.8. The van der Waals surface area contributed by atoms with E-state index in [4.69, 9.17) is 9.83 Å². The number of hydrogen-bond donors (Lipinski definition) is 1. The number of rotatable bonds is 4. The highest BCUT2D eigenvalue weighted by atomic mass is 16.3. The second-order valence-electron chi connectivity index (χ2n) is 6.16. The van der Waals surface area contributed by atoms with E-state index < -0.39 is 0 Å². The van der Waals surface area contributed by atoms with Gasteiger partial charge in [-0.25, -0.2) is 0 Å². The van der Waals surface area contributed by atoms with Gasteiger partial charge in [-0.2, -0.15) is 4.68 Å². The van der Waals surface area contributed by atoms with Crippen LogP contribution in [-0.2, 0) is 0 Å². The minimum atomic E-state index is -0.387. The number of nitrogens with zero attached hydrogens (tertiary/aromatic N) is 4. The fourth-order valence-corrected chi connectivity index (χ4v) is 3.16. The lowest BCUT2D eigenvalue weighted by atomic mass is 10.1. The molecule has 136 valence electrons. The van der Waals surface area contributed by atoms with Gasteiger partial charge in [0, 0.05) is 48.2 Å². The van der Waals surface area contributed by atoms with Crippen molar-refractivity contribution in [3.05, 3.63) is 59.8 Å². The van der Waals surface area contributed by atoms with Gasteiger partial charge in [0.05, 0.1) is 5.56 Å². The van der Waals surface area contributed by atoms with Crippen molar-refractivity contribution in [2.75, 3.05) is 18.0 Å². The predicted octanol–water partition coefficient (Wildman–Crippen LogP) is 3.14. The highest BCUT2D eigenvalue weighted by Gasteiger charge is 2.21. The van der Waals surface area contributed by atoms with Gasteiger partial charge in [0.1, 0.15) is 5.58 Å². The van der Waals surface area contributed by atoms with E-state index in [-0.39, 0.29) is 17.3 Å². The Morgan fingerprint density at radius 1 is 1.15 bits per heavy atom. The van der Waals surface area contributed by atoms with Crippen molar-refractivity contribution in [1.29, 1.82) is 5.41 Å². The summed E-state index contributed by atoms with van der Waals surface area (Å²) in [5, 5.41) is 13.4. The summed E-state index contributed by atoms with van der Waals surface area (Å²) in [7, 11) is 0. The molecular formula is C20H19N5O2. The Bertz CT molecular complexity index is 1140. The van der Waals surface area contributed by atoms with Crippen molar-refractivity contribution in [2.45, 2.75) is 13.8 Å². The van der Waals surface area contributed by atoms with Crippen LogP contribution in [0, 0.1) is 5.41 Å². The number of carbonyl (C=O) groups is 1. The van der Waals surface area contributed by atoms with Gasteiger partial charge < -0.3 is 9.32 Å². The predicted molar refractivity (Wildman–Crippen MR) is 102 cm³/mol. The quantitative estimate of drug-likeness (QED) is 0.603. The molecule has 1 aromatic heterocycles. The summed E-state index contributed by atoms with van der Waals surface area (Å²) in [5.74, 6) is -0.117. The van der Waals surface area contributed by atoms with Gasteiger partial charge in [0.25, 0.3) is 5.91 Å². The van der Waals surface area contributed by atoms with Gasteiger partial charge in [-0.1, -0.05) is 0 Å². The molecular weight excluding hydrogens is 342 g/mol. The molecule has 2 aliphatic rings. The minimum Gasteiger partial charge on any atom is -0.436 e. The Morgan fingerprint density at radius 3 is 2.59 bits per heavy atom. The third kappa shape index (κ3) is 2.87.